The van der Waals surface area contributed by atoms with Crippen LogP contribution in [-0.4, -0.2) is 30.5 Å². The number of rotatable bonds is 3. The topological polar surface area (TPSA) is 97.1 Å². The second-order valence-corrected chi connectivity index (χ2v) is 7.12. The Morgan fingerprint density at radius 2 is 1.97 bits per heavy atom. The highest BCUT2D eigenvalue weighted by atomic mass is 16.1. The Balaban J connectivity index is 1.35. The third-order valence-electron chi connectivity index (χ3n) is 5.21. The van der Waals surface area contributed by atoms with Gasteiger partial charge in [-0.25, -0.2) is 19.5 Å². The van der Waals surface area contributed by atoms with Gasteiger partial charge in [0.25, 0.3) is 5.91 Å². The highest BCUT2D eigenvalue weighted by Gasteiger charge is 2.18. The van der Waals surface area contributed by atoms with Crippen LogP contribution >= 0.6 is 0 Å². The van der Waals surface area contributed by atoms with E-state index < -0.39 is 0 Å². The number of carbonyl (C=O) groups is 1. The van der Waals surface area contributed by atoms with Gasteiger partial charge in [-0.15, -0.1) is 0 Å². The minimum Gasteiger partial charge on any atom is -0.348 e. The van der Waals surface area contributed by atoms with E-state index in [-0.39, 0.29) is 5.91 Å². The summed E-state index contributed by atoms with van der Waals surface area (Å²) in [5.41, 5.74) is 6.01. The number of anilines is 2. The monoisotopic (exact) mass is 393 g/mol. The molecule has 30 heavy (non-hydrogen) atoms. The first kappa shape index (κ1) is 16.6. The Morgan fingerprint density at radius 1 is 1.00 bits per heavy atom. The normalized spacial score (nSPS) is 12.9. The maximum absolute atomic E-state index is 11.9. The Morgan fingerprint density at radius 3 is 2.93 bits per heavy atom. The Kier molecular flexibility index (Phi) is 3.51. The zero-order chi connectivity index (χ0) is 20.1. The zero-order valence-corrected chi connectivity index (χ0v) is 15.7. The average Bonchev–Trinajstić information content (AvgIpc) is 3.39. The lowest BCUT2D eigenvalue weighted by molar-refractivity contribution is 0.0966. The molecule has 1 aliphatic heterocycles. The van der Waals surface area contributed by atoms with Crippen LogP contribution in [0, 0.1) is 0 Å². The number of hydrogen-bond donors (Lipinski definition) is 2. The molecule has 0 atom stereocenters. The van der Waals surface area contributed by atoms with Crippen LogP contribution in [0.15, 0.2) is 67.3 Å². The minimum absolute atomic E-state index is 0.0551. The SMILES string of the molecule is O=C1NCc2ccc(Nc3ncc4ccc(-c5cnc6ccnn6c5)cc4n3)cc21. The van der Waals surface area contributed by atoms with E-state index in [2.05, 4.69) is 30.7 Å². The summed E-state index contributed by atoms with van der Waals surface area (Å²) in [5.74, 6) is 0.416. The third kappa shape index (κ3) is 2.74. The number of hydrogen-bond acceptors (Lipinski definition) is 6. The van der Waals surface area contributed by atoms with E-state index in [1.165, 1.54) is 0 Å². The van der Waals surface area contributed by atoms with E-state index in [4.69, 9.17) is 0 Å². The smallest absolute Gasteiger partial charge is 0.251 e. The molecule has 8 heteroatoms. The zero-order valence-electron chi connectivity index (χ0n) is 15.7. The van der Waals surface area contributed by atoms with Gasteiger partial charge in [0, 0.05) is 53.4 Å². The molecule has 6 rings (SSSR count). The fourth-order valence-corrected chi connectivity index (χ4v) is 3.64. The van der Waals surface area contributed by atoms with Crippen molar-refractivity contribution in [1.82, 2.24) is 29.9 Å². The summed E-state index contributed by atoms with van der Waals surface area (Å²) >= 11 is 0. The number of amides is 1. The molecular formula is C22H15N7O. The first-order valence-electron chi connectivity index (χ1n) is 9.48. The van der Waals surface area contributed by atoms with Gasteiger partial charge in [0.15, 0.2) is 5.65 Å². The molecule has 0 unspecified atom stereocenters. The predicted molar refractivity (Wildman–Crippen MR) is 112 cm³/mol. The fraction of sp³-hybridized carbons (Fsp3) is 0.0455. The Hall–Kier alpha value is -4.33. The maximum Gasteiger partial charge on any atom is 0.251 e. The summed E-state index contributed by atoms with van der Waals surface area (Å²) < 4.78 is 1.75. The lowest BCUT2D eigenvalue weighted by Crippen LogP contribution is -2.12. The average molecular weight is 393 g/mol. The van der Waals surface area contributed by atoms with Crippen LogP contribution < -0.4 is 10.6 Å². The molecule has 1 amide bonds. The van der Waals surface area contributed by atoms with Gasteiger partial charge < -0.3 is 10.6 Å². The second-order valence-electron chi connectivity index (χ2n) is 7.12. The van der Waals surface area contributed by atoms with Crippen molar-refractivity contribution in [2.24, 2.45) is 0 Å². The van der Waals surface area contributed by atoms with E-state index in [1.807, 2.05) is 54.9 Å². The van der Waals surface area contributed by atoms with E-state index >= 15 is 0 Å². The lowest BCUT2D eigenvalue weighted by Gasteiger charge is -2.08. The van der Waals surface area contributed by atoms with Crippen LogP contribution in [0.25, 0.3) is 27.7 Å². The molecule has 0 spiro atoms. The van der Waals surface area contributed by atoms with E-state index in [1.54, 1.807) is 16.9 Å². The van der Waals surface area contributed by atoms with Crippen LogP contribution in [0.2, 0.25) is 0 Å². The van der Waals surface area contributed by atoms with Crippen molar-refractivity contribution < 1.29 is 4.79 Å². The van der Waals surface area contributed by atoms with Gasteiger partial charge in [-0.3, -0.25) is 4.79 Å². The first-order valence-corrected chi connectivity index (χ1v) is 9.48. The highest BCUT2D eigenvalue weighted by molar-refractivity contribution is 5.99. The predicted octanol–water partition coefficient (Wildman–Crippen LogP) is 3.33. The summed E-state index contributed by atoms with van der Waals surface area (Å²) in [7, 11) is 0. The van der Waals surface area contributed by atoms with Gasteiger partial charge in [0.05, 0.1) is 11.7 Å². The van der Waals surface area contributed by atoms with E-state index in [0.717, 1.165) is 38.9 Å². The molecule has 4 heterocycles. The Bertz CT molecular complexity index is 1460. The van der Waals surface area contributed by atoms with Gasteiger partial charge in [-0.1, -0.05) is 18.2 Å². The number of fused-ring (bicyclic) bond motifs is 3. The molecule has 3 aromatic heterocycles. The molecule has 0 radical (unpaired) electrons. The Labute approximate surface area is 170 Å². The van der Waals surface area contributed by atoms with Gasteiger partial charge in [-0.05, 0) is 29.3 Å². The van der Waals surface area contributed by atoms with Crippen molar-refractivity contribution >= 4 is 34.1 Å². The van der Waals surface area contributed by atoms with Crippen molar-refractivity contribution in [2.45, 2.75) is 6.54 Å². The molecule has 0 saturated heterocycles. The molecule has 144 valence electrons. The molecule has 8 nitrogen and oxygen atoms in total. The number of carbonyl (C=O) groups excluding carboxylic acids is 1. The van der Waals surface area contributed by atoms with Gasteiger partial charge >= 0.3 is 0 Å². The summed E-state index contributed by atoms with van der Waals surface area (Å²) in [5, 5.41) is 11.2. The number of nitrogens with zero attached hydrogens (tertiary/aromatic N) is 5. The molecule has 1 aliphatic rings. The van der Waals surface area contributed by atoms with Crippen LogP contribution in [-0.2, 0) is 6.54 Å². The van der Waals surface area contributed by atoms with Crippen molar-refractivity contribution in [3.05, 3.63) is 78.4 Å². The van der Waals surface area contributed by atoms with Crippen molar-refractivity contribution in [1.29, 1.82) is 0 Å². The standard InChI is InChI=1S/C22H15N7O/c30-21-18-8-17(4-3-14(18)9-24-21)27-22-25-10-15-2-1-13(7-19(15)28-22)16-11-23-20-5-6-26-29(20)12-16/h1-8,10-12H,9H2,(H,24,30)(H,25,27,28). The molecule has 5 aromatic rings. The number of nitrogens with one attached hydrogen (secondary N) is 2. The van der Waals surface area contributed by atoms with Crippen LogP contribution in [0.4, 0.5) is 11.6 Å². The first-order chi connectivity index (χ1) is 14.7. The molecule has 0 fully saturated rings. The third-order valence-corrected chi connectivity index (χ3v) is 5.21. The molecule has 2 aromatic carbocycles. The lowest BCUT2D eigenvalue weighted by atomic mass is 10.1. The molecule has 0 saturated carbocycles. The summed E-state index contributed by atoms with van der Waals surface area (Å²) in [4.78, 5) is 25.4. The van der Waals surface area contributed by atoms with Crippen LogP contribution in [0.5, 0.6) is 0 Å². The highest BCUT2D eigenvalue weighted by Crippen LogP contribution is 2.25. The van der Waals surface area contributed by atoms with E-state index in [9.17, 15) is 4.79 Å². The maximum atomic E-state index is 11.9. The van der Waals surface area contributed by atoms with Gasteiger partial charge in [0.1, 0.15) is 0 Å². The summed E-state index contributed by atoms with van der Waals surface area (Å²) in [6.07, 6.45) is 7.28. The number of aromatic nitrogens is 5. The quantitative estimate of drug-likeness (QED) is 0.488. The van der Waals surface area contributed by atoms with Crippen LogP contribution in [0.1, 0.15) is 15.9 Å². The molecule has 2 N–H and O–H groups in total. The minimum atomic E-state index is -0.0551. The summed E-state index contributed by atoms with van der Waals surface area (Å²) in [6, 6.07) is 13.6. The molecular weight excluding hydrogens is 378 g/mol. The van der Waals surface area contributed by atoms with Gasteiger partial charge in [0.2, 0.25) is 5.95 Å². The molecule has 0 bridgehead atoms. The van der Waals surface area contributed by atoms with Crippen molar-refractivity contribution in [3.8, 4) is 11.1 Å². The fourth-order valence-electron chi connectivity index (χ4n) is 3.64. The second kappa shape index (κ2) is 6.35. The van der Waals surface area contributed by atoms with Crippen molar-refractivity contribution in [3.63, 3.8) is 0 Å². The largest absolute Gasteiger partial charge is 0.348 e. The van der Waals surface area contributed by atoms with Gasteiger partial charge in [-0.2, -0.15) is 5.10 Å². The number of benzene rings is 2. The molecule has 0 aliphatic carbocycles. The van der Waals surface area contributed by atoms with E-state index in [0.29, 0.717) is 18.1 Å². The van der Waals surface area contributed by atoms with Crippen molar-refractivity contribution in [2.75, 3.05) is 5.32 Å². The van der Waals surface area contributed by atoms with Crippen LogP contribution in [0.3, 0.4) is 0 Å². The summed E-state index contributed by atoms with van der Waals surface area (Å²) in [6.45, 7) is 0.572.